The van der Waals surface area contributed by atoms with Gasteiger partial charge in [0.05, 0.1) is 12.4 Å². The van der Waals surface area contributed by atoms with Crippen molar-refractivity contribution in [2.45, 2.75) is 12.1 Å². The molecule has 0 spiro atoms. The van der Waals surface area contributed by atoms with Crippen molar-refractivity contribution >= 4 is 39.3 Å². The van der Waals surface area contributed by atoms with Gasteiger partial charge in [-0.05, 0) is 59.3 Å². The predicted octanol–water partition coefficient (Wildman–Crippen LogP) is 3.97. The number of rotatable bonds is 7. The van der Waals surface area contributed by atoms with Crippen LogP contribution in [0.5, 0.6) is 5.75 Å². The summed E-state index contributed by atoms with van der Waals surface area (Å²) in [5.74, 6) is 2.09. The van der Waals surface area contributed by atoms with Gasteiger partial charge in [0, 0.05) is 12.7 Å². The van der Waals surface area contributed by atoms with Crippen molar-refractivity contribution in [3.63, 3.8) is 0 Å². The summed E-state index contributed by atoms with van der Waals surface area (Å²) < 4.78 is 13.3. The molecule has 7 nitrogen and oxygen atoms in total. The summed E-state index contributed by atoms with van der Waals surface area (Å²) in [5.41, 5.74) is 0.721. The van der Waals surface area contributed by atoms with Gasteiger partial charge in [-0.1, -0.05) is 11.8 Å². The monoisotopic (exact) mass is 436 g/mol. The number of carbonyl (C=O) groups is 1. The summed E-state index contributed by atoms with van der Waals surface area (Å²) in [4.78, 5) is 12.1. The second-order valence-corrected chi connectivity index (χ2v) is 6.99. The van der Waals surface area contributed by atoms with E-state index in [1.54, 1.807) is 16.7 Å². The minimum Gasteiger partial charge on any atom is -0.494 e. The van der Waals surface area contributed by atoms with Crippen molar-refractivity contribution in [3.8, 4) is 17.3 Å². The summed E-state index contributed by atoms with van der Waals surface area (Å²) in [6.07, 6.45) is 0. The van der Waals surface area contributed by atoms with Crippen LogP contribution in [0, 0.1) is 0 Å². The summed E-state index contributed by atoms with van der Waals surface area (Å²) in [6, 6.07) is 10.9. The molecule has 0 atom stereocenters. The Morgan fingerprint density at radius 1 is 1.27 bits per heavy atom. The average molecular weight is 437 g/mol. The van der Waals surface area contributed by atoms with Crippen LogP contribution in [0.3, 0.4) is 0 Å². The molecule has 0 unspecified atom stereocenters. The highest BCUT2D eigenvalue weighted by Gasteiger charge is 2.15. The van der Waals surface area contributed by atoms with Crippen LogP contribution in [0.4, 0.5) is 5.69 Å². The van der Waals surface area contributed by atoms with E-state index < -0.39 is 0 Å². The molecule has 0 saturated carbocycles. The highest BCUT2D eigenvalue weighted by atomic mass is 79.9. The average Bonchev–Trinajstić information content (AvgIpc) is 3.21. The fraction of sp³-hybridized carbons (Fsp3) is 0.235. The molecule has 26 heavy (non-hydrogen) atoms. The van der Waals surface area contributed by atoms with Crippen LogP contribution in [0.1, 0.15) is 6.92 Å². The van der Waals surface area contributed by atoms with Crippen molar-refractivity contribution in [3.05, 3.63) is 41.1 Å². The highest BCUT2D eigenvalue weighted by Crippen LogP contribution is 2.26. The van der Waals surface area contributed by atoms with Gasteiger partial charge in [-0.2, -0.15) is 0 Å². The van der Waals surface area contributed by atoms with E-state index in [4.69, 9.17) is 9.15 Å². The molecule has 1 amide bonds. The third-order valence-corrected chi connectivity index (χ3v) is 4.86. The molecule has 136 valence electrons. The molecule has 0 aliphatic carbocycles. The normalized spacial score (nSPS) is 10.7. The molecule has 1 aromatic carbocycles. The summed E-state index contributed by atoms with van der Waals surface area (Å²) >= 11 is 4.57. The van der Waals surface area contributed by atoms with Gasteiger partial charge in [-0.3, -0.25) is 4.79 Å². The zero-order valence-corrected chi connectivity index (χ0v) is 16.6. The maximum atomic E-state index is 12.1. The molecule has 2 aromatic heterocycles. The Bertz CT molecular complexity index is 892. The Labute approximate surface area is 163 Å². The molecule has 0 aliphatic heterocycles. The van der Waals surface area contributed by atoms with Crippen LogP contribution in [0.15, 0.2) is 50.6 Å². The number of furan rings is 1. The van der Waals surface area contributed by atoms with Gasteiger partial charge in [0.1, 0.15) is 5.75 Å². The molecule has 0 bridgehead atoms. The fourth-order valence-electron chi connectivity index (χ4n) is 2.22. The number of hydrogen-bond donors (Lipinski definition) is 1. The van der Waals surface area contributed by atoms with E-state index in [9.17, 15) is 4.79 Å². The number of benzene rings is 1. The lowest BCUT2D eigenvalue weighted by Gasteiger charge is -2.07. The van der Waals surface area contributed by atoms with E-state index in [-0.39, 0.29) is 11.7 Å². The molecule has 0 saturated heterocycles. The van der Waals surface area contributed by atoms with E-state index in [2.05, 4.69) is 31.4 Å². The molecule has 3 aromatic rings. The lowest BCUT2D eigenvalue weighted by molar-refractivity contribution is -0.113. The van der Waals surface area contributed by atoms with Crippen LogP contribution < -0.4 is 10.1 Å². The minimum absolute atomic E-state index is 0.121. The zero-order chi connectivity index (χ0) is 18.5. The second-order valence-electron chi connectivity index (χ2n) is 5.26. The van der Waals surface area contributed by atoms with E-state index in [1.165, 1.54) is 11.8 Å². The number of halogens is 1. The highest BCUT2D eigenvalue weighted by molar-refractivity contribution is 9.10. The number of nitrogens with zero attached hydrogens (tertiary/aromatic N) is 3. The number of anilines is 1. The maximum absolute atomic E-state index is 12.1. The van der Waals surface area contributed by atoms with Gasteiger partial charge in [-0.15, -0.1) is 10.2 Å². The largest absolute Gasteiger partial charge is 0.494 e. The van der Waals surface area contributed by atoms with E-state index in [1.807, 2.05) is 38.2 Å². The van der Waals surface area contributed by atoms with Gasteiger partial charge in [0.15, 0.2) is 21.4 Å². The Kier molecular flexibility index (Phi) is 6.00. The molecule has 2 heterocycles. The van der Waals surface area contributed by atoms with Crippen molar-refractivity contribution in [1.82, 2.24) is 14.8 Å². The molecule has 0 radical (unpaired) electrons. The molecule has 1 N–H and O–H groups in total. The zero-order valence-electron chi connectivity index (χ0n) is 14.2. The van der Waals surface area contributed by atoms with Gasteiger partial charge < -0.3 is 19.0 Å². The Balaban J connectivity index is 1.57. The number of hydrogen-bond acceptors (Lipinski definition) is 6. The van der Waals surface area contributed by atoms with Gasteiger partial charge >= 0.3 is 0 Å². The molecule has 3 rings (SSSR count). The summed E-state index contributed by atoms with van der Waals surface area (Å²) in [6.45, 7) is 2.53. The Morgan fingerprint density at radius 3 is 2.69 bits per heavy atom. The van der Waals surface area contributed by atoms with Crippen molar-refractivity contribution in [2.24, 2.45) is 7.05 Å². The smallest absolute Gasteiger partial charge is 0.234 e. The number of amides is 1. The topological polar surface area (TPSA) is 82.2 Å². The van der Waals surface area contributed by atoms with Crippen molar-refractivity contribution < 1.29 is 13.9 Å². The Morgan fingerprint density at radius 2 is 2.04 bits per heavy atom. The lowest BCUT2D eigenvalue weighted by Crippen LogP contribution is -2.14. The molecular formula is C17H17BrN4O3S. The van der Waals surface area contributed by atoms with E-state index in [0.717, 1.165) is 11.4 Å². The molecule has 9 heteroatoms. The number of aromatic nitrogens is 3. The molecule has 0 aliphatic rings. The van der Waals surface area contributed by atoms with E-state index >= 15 is 0 Å². The van der Waals surface area contributed by atoms with Crippen molar-refractivity contribution in [2.75, 3.05) is 17.7 Å². The van der Waals surface area contributed by atoms with Crippen LogP contribution in [0.25, 0.3) is 11.6 Å². The first-order valence-corrected chi connectivity index (χ1v) is 9.65. The standard InChI is InChI=1S/C17H17BrN4O3S/c1-3-24-12-6-4-11(5-7-12)19-15(23)10-26-17-21-20-16(22(17)2)13-8-9-14(18)25-13/h4-9H,3,10H2,1-2H3,(H,19,23). The van der Waals surface area contributed by atoms with E-state index in [0.29, 0.717) is 28.0 Å². The lowest BCUT2D eigenvalue weighted by atomic mass is 10.3. The number of ether oxygens (including phenoxy) is 1. The first kappa shape index (κ1) is 18.5. The Hall–Kier alpha value is -2.26. The first-order chi connectivity index (χ1) is 12.6. The van der Waals surface area contributed by atoms with Crippen LogP contribution >= 0.6 is 27.7 Å². The van der Waals surface area contributed by atoms with Gasteiger partial charge in [0.2, 0.25) is 5.91 Å². The maximum Gasteiger partial charge on any atom is 0.234 e. The fourth-order valence-corrected chi connectivity index (χ4v) is 3.24. The second kappa shape index (κ2) is 8.41. The van der Waals surface area contributed by atoms with Crippen LogP contribution in [0.2, 0.25) is 0 Å². The van der Waals surface area contributed by atoms with Crippen LogP contribution in [-0.4, -0.2) is 33.0 Å². The number of nitrogens with one attached hydrogen (secondary N) is 1. The third kappa shape index (κ3) is 4.47. The molecule has 0 fully saturated rings. The van der Waals surface area contributed by atoms with Crippen LogP contribution in [-0.2, 0) is 11.8 Å². The van der Waals surface area contributed by atoms with Gasteiger partial charge in [-0.25, -0.2) is 0 Å². The van der Waals surface area contributed by atoms with Crippen molar-refractivity contribution in [1.29, 1.82) is 0 Å². The minimum atomic E-state index is -0.121. The van der Waals surface area contributed by atoms with Gasteiger partial charge in [0.25, 0.3) is 0 Å². The summed E-state index contributed by atoms with van der Waals surface area (Å²) in [7, 11) is 1.83. The third-order valence-electron chi connectivity index (χ3n) is 3.41. The first-order valence-electron chi connectivity index (χ1n) is 7.87. The number of thioether (sulfide) groups is 1. The number of carbonyl (C=O) groups excluding carboxylic acids is 1. The SMILES string of the molecule is CCOc1ccc(NC(=O)CSc2nnc(-c3ccc(Br)o3)n2C)cc1. The quantitative estimate of drug-likeness (QED) is 0.564. The predicted molar refractivity (Wildman–Crippen MR) is 103 cm³/mol. The summed E-state index contributed by atoms with van der Waals surface area (Å²) in [5, 5.41) is 11.7. The molecular weight excluding hydrogens is 420 g/mol.